The highest BCUT2D eigenvalue weighted by Crippen LogP contribution is 2.32. The summed E-state index contributed by atoms with van der Waals surface area (Å²) in [7, 11) is 0. The maximum Gasteiger partial charge on any atom is 0.263 e. The van der Waals surface area contributed by atoms with Crippen molar-refractivity contribution < 1.29 is 9.90 Å². The molecule has 7 heteroatoms. The van der Waals surface area contributed by atoms with Crippen LogP contribution in [0.5, 0.6) is 5.75 Å². The van der Waals surface area contributed by atoms with Gasteiger partial charge in [-0.2, -0.15) is 0 Å². The molecule has 4 aromatic carbocycles. The van der Waals surface area contributed by atoms with Crippen LogP contribution >= 0.6 is 23.2 Å². The molecule has 1 atom stereocenters. The topological polar surface area (TPSA) is 82.2 Å². The standard InChI is InChI=1S/C28H20Cl2N2O3/c29-18-10-8-17(9-11-18)23(31-22-7-3-5-16-4-1-2-6-20(16)22)15-25(33)26-27(34)21-13-12-19(30)14-24(21)32-28(26)35/h1-14,23,31H,15H2,(H2,32,34,35). The number of pyridine rings is 1. The molecule has 0 spiro atoms. The third-order valence-corrected chi connectivity index (χ3v) is 6.50. The smallest absolute Gasteiger partial charge is 0.263 e. The van der Waals surface area contributed by atoms with Crippen LogP contribution in [0.3, 0.4) is 0 Å². The van der Waals surface area contributed by atoms with E-state index in [0.717, 1.165) is 22.0 Å². The number of benzene rings is 4. The molecule has 5 rings (SSSR count). The molecule has 0 aliphatic rings. The Kier molecular flexibility index (Phi) is 6.20. The first-order valence-electron chi connectivity index (χ1n) is 11.0. The lowest BCUT2D eigenvalue weighted by atomic mass is 9.96. The molecule has 0 radical (unpaired) electrons. The number of hydrogen-bond donors (Lipinski definition) is 3. The van der Waals surface area contributed by atoms with Crippen LogP contribution in [0.4, 0.5) is 5.69 Å². The van der Waals surface area contributed by atoms with Crippen LogP contribution in [0.25, 0.3) is 21.7 Å². The molecule has 5 aromatic rings. The summed E-state index contributed by atoms with van der Waals surface area (Å²) in [6.07, 6.45) is -0.0689. The van der Waals surface area contributed by atoms with Gasteiger partial charge in [-0.15, -0.1) is 0 Å². The number of carbonyl (C=O) groups excluding carboxylic acids is 1. The number of Topliss-reactive ketones (excluding diaryl/α,β-unsaturated/α-hetero) is 1. The minimum Gasteiger partial charge on any atom is -0.506 e. The van der Waals surface area contributed by atoms with E-state index in [1.54, 1.807) is 24.3 Å². The van der Waals surface area contributed by atoms with Crippen molar-refractivity contribution >= 4 is 56.3 Å². The molecule has 3 N–H and O–H groups in total. The normalized spacial score (nSPS) is 12.1. The molecule has 0 saturated carbocycles. The number of nitrogens with one attached hydrogen (secondary N) is 2. The van der Waals surface area contributed by atoms with Gasteiger partial charge in [-0.25, -0.2) is 0 Å². The zero-order chi connectivity index (χ0) is 24.5. The fourth-order valence-electron chi connectivity index (χ4n) is 4.29. The molecule has 1 unspecified atom stereocenters. The molecule has 1 heterocycles. The van der Waals surface area contributed by atoms with E-state index in [9.17, 15) is 14.7 Å². The van der Waals surface area contributed by atoms with Gasteiger partial charge in [-0.1, -0.05) is 71.7 Å². The number of aromatic nitrogens is 1. The molecule has 0 aliphatic carbocycles. The first-order chi connectivity index (χ1) is 16.9. The molecular formula is C28H20Cl2N2O3. The average molecular weight is 503 g/mol. The van der Waals surface area contributed by atoms with E-state index in [0.29, 0.717) is 20.9 Å². The van der Waals surface area contributed by atoms with E-state index in [1.807, 2.05) is 54.6 Å². The number of aromatic amines is 1. The van der Waals surface area contributed by atoms with Crippen molar-refractivity contribution in [1.82, 2.24) is 4.98 Å². The first kappa shape index (κ1) is 23.0. The summed E-state index contributed by atoms with van der Waals surface area (Å²) in [5, 5.41) is 17.7. The van der Waals surface area contributed by atoms with Crippen LogP contribution in [-0.2, 0) is 0 Å². The zero-order valence-electron chi connectivity index (χ0n) is 18.4. The molecule has 0 fully saturated rings. The quantitative estimate of drug-likeness (QED) is 0.216. The molecule has 0 aliphatic heterocycles. The molecule has 0 bridgehead atoms. The largest absolute Gasteiger partial charge is 0.506 e. The lowest BCUT2D eigenvalue weighted by Gasteiger charge is -2.21. The van der Waals surface area contributed by atoms with E-state index in [4.69, 9.17) is 23.2 Å². The van der Waals surface area contributed by atoms with Gasteiger partial charge in [-0.05, 0) is 47.3 Å². The highest BCUT2D eigenvalue weighted by Gasteiger charge is 2.24. The number of hydrogen-bond acceptors (Lipinski definition) is 4. The molecule has 1 aromatic heterocycles. The van der Waals surface area contributed by atoms with E-state index in [-0.39, 0.29) is 17.7 Å². The van der Waals surface area contributed by atoms with Crippen molar-refractivity contribution in [3.8, 4) is 5.75 Å². The highest BCUT2D eigenvalue weighted by atomic mass is 35.5. The summed E-state index contributed by atoms with van der Waals surface area (Å²) in [5.41, 5.74) is 1.08. The molecule has 174 valence electrons. The fraction of sp³-hybridized carbons (Fsp3) is 0.0714. The maximum atomic E-state index is 13.4. The van der Waals surface area contributed by atoms with E-state index >= 15 is 0 Å². The van der Waals surface area contributed by atoms with Gasteiger partial charge in [-0.3, -0.25) is 9.59 Å². The summed E-state index contributed by atoms with van der Waals surface area (Å²) in [5.74, 6) is -0.848. The first-order valence-corrected chi connectivity index (χ1v) is 11.7. The average Bonchev–Trinajstić information content (AvgIpc) is 2.84. The van der Waals surface area contributed by atoms with Crippen molar-refractivity contribution in [2.75, 3.05) is 5.32 Å². The van der Waals surface area contributed by atoms with Crippen LogP contribution in [0.15, 0.2) is 89.7 Å². The Hall–Kier alpha value is -3.80. The number of fused-ring (bicyclic) bond motifs is 2. The predicted molar refractivity (Wildman–Crippen MR) is 142 cm³/mol. The van der Waals surface area contributed by atoms with Gasteiger partial charge in [0.25, 0.3) is 5.56 Å². The molecule has 0 amide bonds. The Labute approximate surface area is 210 Å². The van der Waals surface area contributed by atoms with E-state index in [1.165, 1.54) is 6.07 Å². The fourth-order valence-corrected chi connectivity index (χ4v) is 4.58. The highest BCUT2D eigenvalue weighted by molar-refractivity contribution is 6.31. The SMILES string of the molecule is O=C(CC(Nc1cccc2ccccc12)c1ccc(Cl)cc1)c1c(O)c2ccc(Cl)cc2[nH]c1=O. The lowest BCUT2D eigenvalue weighted by Crippen LogP contribution is -2.22. The third-order valence-electron chi connectivity index (χ3n) is 6.01. The Bertz CT molecular complexity index is 1620. The summed E-state index contributed by atoms with van der Waals surface area (Å²) in [6, 6.07) is 25.2. The Morgan fingerprint density at radius 3 is 2.40 bits per heavy atom. The zero-order valence-corrected chi connectivity index (χ0v) is 19.9. The number of H-pyrrole nitrogens is 1. The van der Waals surface area contributed by atoms with Gasteiger partial charge in [0.2, 0.25) is 0 Å². The van der Waals surface area contributed by atoms with Crippen molar-refractivity contribution in [3.05, 3.63) is 116 Å². The van der Waals surface area contributed by atoms with Crippen molar-refractivity contribution in [3.63, 3.8) is 0 Å². The van der Waals surface area contributed by atoms with Crippen LogP contribution in [0.2, 0.25) is 10.0 Å². The van der Waals surface area contributed by atoms with E-state index in [2.05, 4.69) is 10.3 Å². The van der Waals surface area contributed by atoms with Gasteiger partial charge in [0, 0.05) is 32.9 Å². The van der Waals surface area contributed by atoms with Gasteiger partial charge >= 0.3 is 0 Å². The predicted octanol–water partition coefficient (Wildman–Crippen LogP) is 7.12. The number of halogens is 2. The number of ketones is 1. The molecule has 35 heavy (non-hydrogen) atoms. The lowest BCUT2D eigenvalue weighted by molar-refractivity contribution is 0.0972. The second kappa shape index (κ2) is 9.45. The van der Waals surface area contributed by atoms with E-state index < -0.39 is 17.4 Å². The summed E-state index contributed by atoms with van der Waals surface area (Å²) < 4.78 is 0. The van der Waals surface area contributed by atoms with Gasteiger partial charge in [0.15, 0.2) is 5.78 Å². The summed E-state index contributed by atoms with van der Waals surface area (Å²) in [6.45, 7) is 0. The number of anilines is 1. The van der Waals surface area contributed by atoms with Crippen LogP contribution in [-0.4, -0.2) is 15.9 Å². The second-order valence-electron chi connectivity index (χ2n) is 8.27. The number of rotatable bonds is 6. The second-order valence-corrected chi connectivity index (χ2v) is 9.14. The maximum absolute atomic E-state index is 13.4. The van der Waals surface area contributed by atoms with Crippen LogP contribution < -0.4 is 10.9 Å². The van der Waals surface area contributed by atoms with Gasteiger partial charge in [0.05, 0.1) is 11.6 Å². The number of aromatic hydroxyl groups is 1. The minimum atomic E-state index is -0.665. The van der Waals surface area contributed by atoms with Gasteiger partial charge < -0.3 is 15.4 Å². The molecule has 5 nitrogen and oxygen atoms in total. The van der Waals surface area contributed by atoms with Crippen molar-refractivity contribution in [2.24, 2.45) is 0 Å². The number of carbonyl (C=O) groups is 1. The summed E-state index contributed by atoms with van der Waals surface area (Å²) >= 11 is 12.1. The molecule has 0 saturated heterocycles. The Balaban J connectivity index is 1.55. The summed E-state index contributed by atoms with van der Waals surface area (Å²) in [4.78, 5) is 28.9. The third kappa shape index (κ3) is 4.61. The van der Waals surface area contributed by atoms with Gasteiger partial charge in [0.1, 0.15) is 11.3 Å². The molecular weight excluding hydrogens is 483 g/mol. The Morgan fingerprint density at radius 1 is 0.886 bits per heavy atom. The van der Waals surface area contributed by atoms with Crippen LogP contribution in [0.1, 0.15) is 28.4 Å². The Morgan fingerprint density at radius 2 is 1.60 bits per heavy atom. The van der Waals surface area contributed by atoms with Crippen LogP contribution in [0, 0.1) is 0 Å². The minimum absolute atomic E-state index is 0.0689. The van der Waals surface area contributed by atoms with Crippen molar-refractivity contribution in [1.29, 1.82) is 0 Å². The van der Waals surface area contributed by atoms with Crippen molar-refractivity contribution in [2.45, 2.75) is 12.5 Å². The monoisotopic (exact) mass is 502 g/mol.